The highest BCUT2D eigenvalue weighted by molar-refractivity contribution is 7.92. The predicted molar refractivity (Wildman–Crippen MR) is 124 cm³/mol. The van der Waals surface area contributed by atoms with Crippen LogP contribution in [-0.2, 0) is 16.4 Å². The highest BCUT2D eigenvalue weighted by Crippen LogP contribution is 2.33. The molecule has 1 aliphatic heterocycles. The van der Waals surface area contributed by atoms with Crippen molar-refractivity contribution in [2.45, 2.75) is 23.8 Å². The van der Waals surface area contributed by atoms with Gasteiger partial charge in [-0.05, 0) is 42.7 Å². The predicted octanol–water partition coefficient (Wildman–Crippen LogP) is 2.14. The monoisotopic (exact) mass is 450 g/mol. The lowest BCUT2D eigenvalue weighted by atomic mass is 10.0. The smallest absolute Gasteiger partial charge is 0.264 e. The van der Waals surface area contributed by atoms with Crippen LogP contribution in [0.5, 0.6) is 0 Å². The van der Waals surface area contributed by atoms with E-state index in [4.69, 9.17) is 11.5 Å². The molecule has 2 aromatic heterocycles. The summed E-state index contributed by atoms with van der Waals surface area (Å²) in [5.41, 5.74) is 14.2. The third-order valence-electron chi connectivity index (χ3n) is 5.52. The number of para-hydroxylation sites is 1. The minimum Gasteiger partial charge on any atom is -0.399 e. The number of hydrogen-bond acceptors (Lipinski definition) is 8. The van der Waals surface area contributed by atoms with Gasteiger partial charge in [0.05, 0.1) is 22.2 Å². The molecule has 164 valence electrons. The summed E-state index contributed by atoms with van der Waals surface area (Å²) in [5, 5.41) is 11.0. The molecule has 2 aromatic carbocycles. The molecule has 32 heavy (non-hydrogen) atoms. The average Bonchev–Trinajstić information content (AvgIpc) is 3.15. The number of anilines is 4. The first kappa shape index (κ1) is 20.1. The van der Waals surface area contributed by atoms with Gasteiger partial charge in [0.1, 0.15) is 5.82 Å². The summed E-state index contributed by atoms with van der Waals surface area (Å²) in [4.78, 5) is 8.64. The number of hydrogen-bond donors (Lipinski definition) is 4. The van der Waals surface area contributed by atoms with Gasteiger partial charge >= 0.3 is 0 Å². The third-order valence-corrected chi connectivity index (χ3v) is 7.33. The van der Waals surface area contributed by atoms with Crippen LogP contribution in [-0.4, -0.2) is 41.2 Å². The second-order valence-electron chi connectivity index (χ2n) is 7.68. The summed E-state index contributed by atoms with van der Waals surface area (Å²) < 4.78 is 28.5. The molecule has 0 bridgehead atoms. The molecule has 5 rings (SSSR count). The maximum Gasteiger partial charge on any atom is 0.264 e. The normalized spacial score (nSPS) is 16.5. The van der Waals surface area contributed by atoms with Gasteiger partial charge in [0.25, 0.3) is 10.0 Å². The zero-order valence-electron chi connectivity index (χ0n) is 17.1. The molecule has 6 N–H and O–H groups in total. The Morgan fingerprint density at radius 3 is 2.78 bits per heavy atom. The molecular weight excluding hydrogens is 428 g/mol. The first-order valence-electron chi connectivity index (χ1n) is 10.1. The number of fused-ring (bicyclic) bond motifs is 2. The highest BCUT2D eigenvalue weighted by atomic mass is 32.2. The Labute approximate surface area is 184 Å². The van der Waals surface area contributed by atoms with Gasteiger partial charge in [0, 0.05) is 18.3 Å². The summed E-state index contributed by atoms with van der Waals surface area (Å²) in [6, 6.07) is 13.8. The molecule has 1 unspecified atom stereocenters. The van der Waals surface area contributed by atoms with E-state index in [0.717, 1.165) is 10.9 Å². The molecule has 0 radical (unpaired) electrons. The number of nitrogen functional groups attached to an aromatic ring is 2. The Morgan fingerprint density at radius 1 is 1.09 bits per heavy atom. The van der Waals surface area contributed by atoms with Crippen LogP contribution in [0.4, 0.5) is 23.1 Å². The Morgan fingerprint density at radius 2 is 1.94 bits per heavy atom. The quantitative estimate of drug-likeness (QED) is 0.345. The number of benzene rings is 2. The zero-order valence-corrected chi connectivity index (χ0v) is 17.9. The highest BCUT2D eigenvalue weighted by Gasteiger charge is 2.31. The van der Waals surface area contributed by atoms with Gasteiger partial charge in [0.15, 0.2) is 5.65 Å². The molecule has 4 aromatic rings. The Bertz CT molecular complexity index is 1400. The van der Waals surface area contributed by atoms with Gasteiger partial charge in [-0.3, -0.25) is 9.40 Å². The Balaban J connectivity index is 1.50. The summed E-state index contributed by atoms with van der Waals surface area (Å²) in [7, 11) is -3.79. The van der Waals surface area contributed by atoms with Crippen LogP contribution in [0.1, 0.15) is 12.0 Å². The number of aromatic amines is 1. The number of rotatable bonds is 4. The largest absolute Gasteiger partial charge is 0.399 e. The van der Waals surface area contributed by atoms with Gasteiger partial charge < -0.3 is 16.8 Å². The Hall–Kier alpha value is -3.86. The van der Waals surface area contributed by atoms with Crippen LogP contribution in [0.2, 0.25) is 0 Å². The van der Waals surface area contributed by atoms with Gasteiger partial charge in [-0.1, -0.05) is 24.3 Å². The fourth-order valence-corrected chi connectivity index (χ4v) is 5.59. The van der Waals surface area contributed by atoms with E-state index in [9.17, 15) is 8.42 Å². The summed E-state index contributed by atoms with van der Waals surface area (Å²) in [5.74, 6) is 0.694. The van der Waals surface area contributed by atoms with E-state index in [1.165, 1.54) is 10.4 Å². The molecule has 0 amide bonds. The van der Waals surface area contributed by atoms with Crippen LogP contribution in [0.25, 0.3) is 11.0 Å². The topological polar surface area (TPSA) is 156 Å². The molecule has 0 aliphatic carbocycles. The van der Waals surface area contributed by atoms with Crippen molar-refractivity contribution in [1.29, 1.82) is 0 Å². The maximum absolute atomic E-state index is 13.5. The SMILES string of the molecule is Nc1cccc(S(=O)(=O)N2CCC(Nc3nc(N)nc4[nH]ncc34)Cc3ccccc32)c1. The molecule has 10 nitrogen and oxygen atoms in total. The van der Waals surface area contributed by atoms with Crippen LogP contribution in [0.3, 0.4) is 0 Å². The fraction of sp³-hybridized carbons (Fsp3) is 0.190. The molecule has 0 saturated carbocycles. The van der Waals surface area contributed by atoms with Crippen molar-refractivity contribution in [3.8, 4) is 0 Å². The molecule has 11 heteroatoms. The van der Waals surface area contributed by atoms with Crippen LogP contribution in [0, 0.1) is 0 Å². The van der Waals surface area contributed by atoms with Crippen molar-refractivity contribution in [1.82, 2.24) is 20.2 Å². The lowest BCUT2D eigenvalue weighted by Gasteiger charge is -2.24. The van der Waals surface area contributed by atoms with Crippen LogP contribution < -0.4 is 21.1 Å². The zero-order chi connectivity index (χ0) is 22.3. The minimum atomic E-state index is -3.79. The van der Waals surface area contributed by atoms with E-state index in [1.807, 2.05) is 24.3 Å². The van der Waals surface area contributed by atoms with Crippen LogP contribution in [0.15, 0.2) is 59.6 Å². The lowest BCUT2D eigenvalue weighted by molar-refractivity contribution is 0.587. The van der Waals surface area contributed by atoms with Gasteiger partial charge in [0.2, 0.25) is 5.95 Å². The van der Waals surface area contributed by atoms with Gasteiger partial charge in [-0.15, -0.1) is 0 Å². The van der Waals surface area contributed by atoms with E-state index in [2.05, 4.69) is 25.5 Å². The van der Waals surface area contributed by atoms with Crippen molar-refractivity contribution in [2.24, 2.45) is 0 Å². The van der Waals surface area contributed by atoms with Crippen molar-refractivity contribution in [3.63, 3.8) is 0 Å². The number of aromatic nitrogens is 4. The summed E-state index contributed by atoms with van der Waals surface area (Å²) in [6.07, 6.45) is 2.81. The summed E-state index contributed by atoms with van der Waals surface area (Å²) >= 11 is 0. The standard InChI is InChI=1S/C21H22N8O2S/c22-14-5-3-6-16(11-14)32(30,31)29-9-8-15(10-13-4-1-2-7-18(13)29)25-19-17-12-24-28-20(17)27-21(23)26-19/h1-7,11-12,15H,8-10,22H2,(H4,23,24,25,26,27,28). The van der Waals surface area contributed by atoms with E-state index >= 15 is 0 Å². The number of nitrogens with zero attached hydrogens (tertiary/aromatic N) is 4. The van der Waals surface area contributed by atoms with Crippen molar-refractivity contribution in [2.75, 3.05) is 27.6 Å². The average molecular weight is 451 g/mol. The third kappa shape index (κ3) is 3.56. The molecular formula is C21H22N8O2S. The lowest BCUT2D eigenvalue weighted by Crippen LogP contribution is -2.33. The van der Waals surface area contributed by atoms with E-state index in [0.29, 0.717) is 42.2 Å². The number of nitrogens with one attached hydrogen (secondary N) is 2. The second kappa shape index (κ2) is 7.68. The minimum absolute atomic E-state index is 0.0791. The molecule has 1 atom stereocenters. The fourth-order valence-electron chi connectivity index (χ4n) is 4.02. The number of nitrogens with two attached hydrogens (primary N) is 2. The molecule has 0 fully saturated rings. The van der Waals surface area contributed by atoms with Crippen molar-refractivity contribution < 1.29 is 8.42 Å². The number of H-pyrrole nitrogens is 1. The van der Waals surface area contributed by atoms with E-state index < -0.39 is 10.0 Å². The van der Waals surface area contributed by atoms with Crippen molar-refractivity contribution in [3.05, 3.63) is 60.3 Å². The van der Waals surface area contributed by atoms with Gasteiger partial charge in [-0.2, -0.15) is 15.1 Å². The molecule has 0 saturated heterocycles. The van der Waals surface area contributed by atoms with Crippen molar-refractivity contribution >= 4 is 44.2 Å². The molecule has 3 heterocycles. The maximum atomic E-state index is 13.5. The van der Waals surface area contributed by atoms with E-state index in [1.54, 1.807) is 24.4 Å². The second-order valence-corrected chi connectivity index (χ2v) is 9.54. The molecule has 0 spiro atoms. The van der Waals surface area contributed by atoms with Gasteiger partial charge in [-0.25, -0.2) is 8.42 Å². The summed E-state index contributed by atoms with van der Waals surface area (Å²) in [6.45, 7) is 0.293. The first-order chi connectivity index (χ1) is 15.4. The van der Waals surface area contributed by atoms with Crippen LogP contribution >= 0.6 is 0 Å². The first-order valence-corrected chi connectivity index (χ1v) is 11.5. The Kier molecular flexibility index (Phi) is 4.82. The molecule has 1 aliphatic rings. The number of sulfonamides is 1. The van der Waals surface area contributed by atoms with E-state index in [-0.39, 0.29) is 16.9 Å².